The minimum Gasteiger partial charge on any atom is -0.490 e. The topological polar surface area (TPSA) is 71.1 Å². The summed E-state index contributed by atoms with van der Waals surface area (Å²) in [5.41, 5.74) is 0.0366. The minimum atomic E-state index is -0.539. The molecule has 0 aromatic heterocycles. The Balaban J connectivity index is 1.47. The number of ether oxygens (including phenoxy) is 4. The molecule has 0 atom stereocenters. The Kier molecular flexibility index (Phi) is 6.44. The molecule has 0 saturated heterocycles. The predicted molar refractivity (Wildman–Crippen MR) is 116 cm³/mol. The van der Waals surface area contributed by atoms with Gasteiger partial charge < -0.3 is 18.9 Å². The van der Waals surface area contributed by atoms with Crippen molar-refractivity contribution < 1.29 is 28.5 Å². The largest absolute Gasteiger partial charge is 0.490 e. The molecule has 0 heterocycles. The van der Waals surface area contributed by atoms with Crippen LogP contribution in [0.1, 0.15) is 69.7 Å². The number of carbonyl (C=O) groups is 2. The number of rotatable bonds is 10. The molecule has 31 heavy (non-hydrogen) atoms. The zero-order valence-electron chi connectivity index (χ0n) is 18.9. The molecule has 0 unspecified atom stereocenters. The standard InChI is InChI=1S/C25H34O6/c1-4-28-20-10-19(11-21(29-5-2)23(20)30-6-3)24(27)31-15-22(26)25-12-16-7-17(13-25)9-18(8-16)14-25/h10-11,16-18H,4-9,12-15H2,1-3H3. The SMILES string of the molecule is CCOc1cc(C(=O)OCC(=O)C23CC4CC(CC(C4)C2)C3)cc(OCC)c1OCC. The zero-order chi connectivity index (χ0) is 22.0. The van der Waals surface area contributed by atoms with Crippen LogP contribution in [0.2, 0.25) is 0 Å². The first kappa shape index (κ1) is 22.0. The summed E-state index contributed by atoms with van der Waals surface area (Å²) < 4.78 is 22.5. The molecule has 4 aliphatic carbocycles. The fourth-order valence-electron chi connectivity index (χ4n) is 6.33. The van der Waals surface area contributed by atoms with E-state index in [4.69, 9.17) is 18.9 Å². The van der Waals surface area contributed by atoms with Crippen LogP contribution in [-0.4, -0.2) is 38.2 Å². The molecule has 6 heteroatoms. The third kappa shape index (κ3) is 4.39. The van der Waals surface area contributed by atoms with Crippen molar-refractivity contribution in [3.05, 3.63) is 17.7 Å². The molecule has 0 N–H and O–H groups in total. The van der Waals surface area contributed by atoms with Crippen LogP contribution in [-0.2, 0) is 9.53 Å². The molecule has 1 aromatic carbocycles. The van der Waals surface area contributed by atoms with Gasteiger partial charge in [0.05, 0.1) is 25.4 Å². The summed E-state index contributed by atoms with van der Waals surface area (Å²) in [5, 5.41) is 0. The van der Waals surface area contributed by atoms with Crippen molar-refractivity contribution in [2.24, 2.45) is 23.2 Å². The predicted octanol–water partition coefficient (Wildman–Crippen LogP) is 4.83. The van der Waals surface area contributed by atoms with Gasteiger partial charge in [-0.1, -0.05) is 0 Å². The highest BCUT2D eigenvalue weighted by Crippen LogP contribution is 2.60. The summed E-state index contributed by atoms with van der Waals surface area (Å²) in [4.78, 5) is 26.0. The lowest BCUT2D eigenvalue weighted by atomic mass is 9.48. The second-order valence-electron chi connectivity index (χ2n) is 9.30. The number of benzene rings is 1. The normalized spacial score (nSPS) is 28.3. The molecule has 0 amide bonds. The molecular weight excluding hydrogens is 396 g/mol. The molecule has 0 aliphatic heterocycles. The number of hydrogen-bond donors (Lipinski definition) is 0. The van der Waals surface area contributed by atoms with Crippen molar-refractivity contribution >= 4 is 11.8 Å². The van der Waals surface area contributed by atoms with Gasteiger partial charge in [0.15, 0.2) is 23.9 Å². The first-order valence-electron chi connectivity index (χ1n) is 11.7. The summed E-state index contributed by atoms with van der Waals surface area (Å²) in [6.45, 7) is 6.75. The monoisotopic (exact) mass is 430 g/mol. The van der Waals surface area contributed by atoms with Crippen LogP contribution in [0.15, 0.2) is 12.1 Å². The van der Waals surface area contributed by atoms with E-state index in [-0.39, 0.29) is 17.8 Å². The third-order valence-corrected chi connectivity index (χ3v) is 7.11. The van der Waals surface area contributed by atoms with Crippen molar-refractivity contribution in [3.8, 4) is 17.2 Å². The van der Waals surface area contributed by atoms with Gasteiger partial charge in [0.1, 0.15) is 0 Å². The Morgan fingerprint density at radius 2 is 1.32 bits per heavy atom. The zero-order valence-corrected chi connectivity index (χ0v) is 18.9. The molecule has 170 valence electrons. The highest BCUT2D eigenvalue weighted by molar-refractivity contribution is 5.94. The van der Waals surface area contributed by atoms with Gasteiger partial charge in [-0.2, -0.15) is 0 Å². The van der Waals surface area contributed by atoms with E-state index in [9.17, 15) is 9.59 Å². The van der Waals surface area contributed by atoms with Crippen LogP contribution in [0.3, 0.4) is 0 Å². The molecule has 0 radical (unpaired) electrons. The highest BCUT2D eigenvalue weighted by atomic mass is 16.5. The average molecular weight is 431 g/mol. The molecule has 4 aliphatic rings. The van der Waals surface area contributed by atoms with E-state index in [0.717, 1.165) is 19.3 Å². The van der Waals surface area contributed by atoms with Gasteiger partial charge in [-0.15, -0.1) is 0 Å². The van der Waals surface area contributed by atoms with Crippen LogP contribution >= 0.6 is 0 Å². The van der Waals surface area contributed by atoms with Gasteiger partial charge in [0.2, 0.25) is 5.75 Å². The van der Waals surface area contributed by atoms with Crippen LogP contribution in [0.5, 0.6) is 17.2 Å². The Morgan fingerprint density at radius 3 is 1.77 bits per heavy atom. The number of esters is 1. The molecule has 4 bridgehead atoms. The summed E-state index contributed by atoms with van der Waals surface area (Å²) in [5.74, 6) is 2.96. The van der Waals surface area contributed by atoms with Crippen LogP contribution in [0, 0.1) is 23.2 Å². The van der Waals surface area contributed by atoms with E-state index in [1.54, 1.807) is 12.1 Å². The third-order valence-electron chi connectivity index (χ3n) is 7.11. The molecule has 6 nitrogen and oxygen atoms in total. The number of carbonyl (C=O) groups excluding carboxylic acids is 2. The average Bonchev–Trinajstić information content (AvgIpc) is 2.73. The van der Waals surface area contributed by atoms with E-state index >= 15 is 0 Å². The molecule has 5 rings (SSSR count). The van der Waals surface area contributed by atoms with Crippen LogP contribution in [0.25, 0.3) is 0 Å². The van der Waals surface area contributed by atoms with E-state index in [2.05, 4.69) is 0 Å². The molecule has 4 fully saturated rings. The number of Topliss-reactive ketones (excluding diaryl/α,β-unsaturated/α-hetero) is 1. The summed E-state index contributed by atoms with van der Waals surface area (Å²) in [7, 11) is 0. The Hall–Kier alpha value is -2.24. The van der Waals surface area contributed by atoms with Gasteiger partial charge in [0, 0.05) is 5.41 Å². The Labute approximate surface area is 184 Å². The van der Waals surface area contributed by atoms with Gasteiger partial charge in [-0.3, -0.25) is 4.79 Å². The first-order chi connectivity index (χ1) is 15.0. The van der Waals surface area contributed by atoms with Crippen molar-refractivity contribution in [1.82, 2.24) is 0 Å². The molecular formula is C25H34O6. The number of hydrogen-bond acceptors (Lipinski definition) is 6. The summed E-state index contributed by atoms with van der Waals surface area (Å²) in [6.07, 6.45) is 6.75. The molecule has 0 spiro atoms. The van der Waals surface area contributed by atoms with Gasteiger partial charge in [-0.05, 0) is 89.2 Å². The Bertz CT molecular complexity index is 767. The fourth-order valence-corrected chi connectivity index (χ4v) is 6.33. The van der Waals surface area contributed by atoms with E-state index in [1.165, 1.54) is 19.3 Å². The lowest BCUT2D eigenvalue weighted by molar-refractivity contribution is -0.147. The summed E-state index contributed by atoms with van der Waals surface area (Å²) >= 11 is 0. The lowest BCUT2D eigenvalue weighted by Crippen LogP contribution is -2.51. The van der Waals surface area contributed by atoms with Gasteiger partial charge in [0.25, 0.3) is 0 Å². The van der Waals surface area contributed by atoms with Crippen molar-refractivity contribution in [2.45, 2.75) is 59.3 Å². The minimum absolute atomic E-state index is 0.0981. The van der Waals surface area contributed by atoms with Crippen LogP contribution < -0.4 is 14.2 Å². The summed E-state index contributed by atoms with van der Waals surface area (Å²) in [6, 6.07) is 3.21. The second-order valence-corrected chi connectivity index (χ2v) is 9.30. The van der Waals surface area contributed by atoms with Crippen molar-refractivity contribution in [3.63, 3.8) is 0 Å². The lowest BCUT2D eigenvalue weighted by Gasteiger charge is -2.55. The Morgan fingerprint density at radius 1 is 0.839 bits per heavy atom. The maximum absolute atomic E-state index is 13.2. The maximum Gasteiger partial charge on any atom is 0.338 e. The molecule has 4 saturated carbocycles. The van der Waals surface area contributed by atoms with Crippen LogP contribution in [0.4, 0.5) is 0 Å². The molecule has 1 aromatic rings. The fraction of sp³-hybridized carbons (Fsp3) is 0.680. The number of ketones is 1. The highest BCUT2D eigenvalue weighted by Gasteiger charge is 2.54. The van der Waals surface area contributed by atoms with E-state index < -0.39 is 5.97 Å². The second kappa shape index (κ2) is 9.09. The quantitative estimate of drug-likeness (QED) is 0.496. The first-order valence-corrected chi connectivity index (χ1v) is 11.7. The maximum atomic E-state index is 13.2. The van der Waals surface area contributed by atoms with Gasteiger partial charge >= 0.3 is 5.97 Å². The smallest absolute Gasteiger partial charge is 0.338 e. The van der Waals surface area contributed by atoms with Crippen molar-refractivity contribution in [2.75, 3.05) is 26.4 Å². The van der Waals surface area contributed by atoms with Gasteiger partial charge in [-0.25, -0.2) is 4.79 Å². The van der Waals surface area contributed by atoms with E-state index in [0.29, 0.717) is 60.4 Å². The van der Waals surface area contributed by atoms with E-state index in [1.807, 2.05) is 20.8 Å². The van der Waals surface area contributed by atoms with Crippen molar-refractivity contribution in [1.29, 1.82) is 0 Å².